The lowest BCUT2D eigenvalue weighted by Crippen LogP contribution is -2.18. The maximum absolute atomic E-state index is 12.2. The Labute approximate surface area is 174 Å². The van der Waals surface area contributed by atoms with E-state index in [0.717, 1.165) is 5.56 Å². The molecule has 1 amide bonds. The number of hydrogen-bond donors (Lipinski definition) is 1. The van der Waals surface area contributed by atoms with Gasteiger partial charge in [-0.05, 0) is 53.4 Å². The molecule has 0 aliphatic rings. The molecular formula is C22H20Cl2N2O2. The predicted octanol–water partition coefficient (Wildman–Crippen LogP) is 6.31. The average Bonchev–Trinajstić information content (AvgIpc) is 3.11. The second kappa shape index (κ2) is 8.21. The fourth-order valence-electron chi connectivity index (χ4n) is 2.59. The summed E-state index contributed by atoms with van der Waals surface area (Å²) in [6, 6.07) is 16.1. The van der Waals surface area contributed by atoms with Crippen molar-refractivity contribution in [3.05, 3.63) is 81.5 Å². The Hall–Kier alpha value is -2.56. The van der Waals surface area contributed by atoms with Gasteiger partial charge < -0.3 is 4.42 Å². The highest BCUT2D eigenvalue weighted by molar-refractivity contribution is 6.35. The van der Waals surface area contributed by atoms with Crippen molar-refractivity contribution >= 4 is 35.3 Å². The number of amides is 1. The summed E-state index contributed by atoms with van der Waals surface area (Å²) in [5.41, 5.74) is 4.93. The zero-order valence-corrected chi connectivity index (χ0v) is 17.3. The molecule has 0 bridgehead atoms. The third-order valence-electron chi connectivity index (χ3n) is 4.19. The number of carbonyl (C=O) groups is 1. The van der Waals surface area contributed by atoms with Gasteiger partial charge in [0.05, 0.1) is 11.2 Å². The predicted molar refractivity (Wildman–Crippen MR) is 114 cm³/mol. The van der Waals surface area contributed by atoms with Gasteiger partial charge in [0.15, 0.2) is 0 Å². The number of carbonyl (C=O) groups excluding carboxylic acids is 1. The standard InChI is InChI=1S/C22H20Cl2N2O2/c1-22(2,3)15-6-4-14(5-7-15)21(27)26-25-13-17-9-11-20(28-17)18-12-16(23)8-10-19(18)24/h4-13H,1-3H3,(H,26,27). The smallest absolute Gasteiger partial charge is 0.271 e. The van der Waals surface area contributed by atoms with Crippen LogP contribution in [-0.2, 0) is 5.41 Å². The van der Waals surface area contributed by atoms with Gasteiger partial charge >= 0.3 is 0 Å². The Morgan fingerprint density at radius 1 is 1.04 bits per heavy atom. The first-order chi connectivity index (χ1) is 13.2. The van der Waals surface area contributed by atoms with Gasteiger partial charge in [0.2, 0.25) is 0 Å². The normalized spacial score (nSPS) is 11.8. The molecule has 0 saturated heterocycles. The van der Waals surface area contributed by atoms with Crippen molar-refractivity contribution in [2.24, 2.45) is 5.10 Å². The monoisotopic (exact) mass is 414 g/mol. The zero-order valence-electron chi connectivity index (χ0n) is 15.8. The highest BCUT2D eigenvalue weighted by atomic mass is 35.5. The fraction of sp³-hybridized carbons (Fsp3) is 0.182. The largest absolute Gasteiger partial charge is 0.455 e. The van der Waals surface area contributed by atoms with Gasteiger partial charge in [-0.2, -0.15) is 5.10 Å². The average molecular weight is 415 g/mol. The van der Waals surface area contributed by atoms with Crippen molar-refractivity contribution in [3.63, 3.8) is 0 Å². The Balaban J connectivity index is 1.66. The molecule has 6 heteroatoms. The number of benzene rings is 2. The van der Waals surface area contributed by atoms with Gasteiger partial charge in [0, 0.05) is 16.1 Å². The summed E-state index contributed by atoms with van der Waals surface area (Å²) in [5.74, 6) is 0.758. The van der Waals surface area contributed by atoms with E-state index in [9.17, 15) is 4.79 Å². The van der Waals surface area contributed by atoms with Crippen LogP contribution in [0.3, 0.4) is 0 Å². The van der Waals surface area contributed by atoms with Crippen molar-refractivity contribution in [3.8, 4) is 11.3 Å². The number of hydrazone groups is 1. The van der Waals surface area contributed by atoms with E-state index in [2.05, 4.69) is 31.3 Å². The summed E-state index contributed by atoms with van der Waals surface area (Å²) >= 11 is 12.2. The van der Waals surface area contributed by atoms with Crippen molar-refractivity contribution in [2.75, 3.05) is 0 Å². The second-order valence-corrected chi connectivity index (χ2v) is 8.20. The van der Waals surface area contributed by atoms with Gasteiger partial charge in [0.1, 0.15) is 11.5 Å². The maximum atomic E-state index is 12.2. The van der Waals surface area contributed by atoms with Crippen molar-refractivity contribution in [1.29, 1.82) is 0 Å². The molecule has 0 fully saturated rings. The summed E-state index contributed by atoms with van der Waals surface area (Å²) < 4.78 is 5.70. The highest BCUT2D eigenvalue weighted by Gasteiger charge is 2.14. The van der Waals surface area contributed by atoms with Crippen LogP contribution in [0.4, 0.5) is 0 Å². The van der Waals surface area contributed by atoms with E-state index < -0.39 is 0 Å². The molecule has 0 spiro atoms. The minimum Gasteiger partial charge on any atom is -0.455 e. The van der Waals surface area contributed by atoms with Crippen molar-refractivity contribution in [1.82, 2.24) is 5.43 Å². The van der Waals surface area contributed by atoms with Crippen LogP contribution in [0.2, 0.25) is 10.0 Å². The van der Waals surface area contributed by atoms with Gasteiger partial charge in [-0.3, -0.25) is 4.79 Å². The first kappa shape index (κ1) is 20.2. The lowest BCUT2D eigenvalue weighted by Gasteiger charge is -2.18. The van der Waals surface area contributed by atoms with Crippen LogP contribution in [-0.4, -0.2) is 12.1 Å². The van der Waals surface area contributed by atoms with Gasteiger partial charge in [-0.15, -0.1) is 0 Å². The molecule has 4 nitrogen and oxygen atoms in total. The maximum Gasteiger partial charge on any atom is 0.271 e. The summed E-state index contributed by atoms with van der Waals surface area (Å²) in [6.07, 6.45) is 1.43. The molecule has 0 aliphatic carbocycles. The van der Waals surface area contributed by atoms with E-state index in [1.807, 2.05) is 12.1 Å². The minimum atomic E-state index is -0.290. The van der Waals surface area contributed by atoms with E-state index in [0.29, 0.717) is 32.7 Å². The van der Waals surface area contributed by atoms with Crippen LogP contribution in [0.25, 0.3) is 11.3 Å². The fourth-order valence-corrected chi connectivity index (χ4v) is 2.98. The Kier molecular flexibility index (Phi) is 5.92. The summed E-state index contributed by atoms with van der Waals surface area (Å²) in [4.78, 5) is 12.2. The van der Waals surface area contributed by atoms with Crippen LogP contribution in [0.1, 0.15) is 42.5 Å². The van der Waals surface area contributed by atoms with Crippen LogP contribution in [0.15, 0.2) is 64.1 Å². The van der Waals surface area contributed by atoms with Crippen molar-refractivity contribution < 1.29 is 9.21 Å². The first-order valence-corrected chi connectivity index (χ1v) is 9.49. The molecule has 1 N–H and O–H groups in total. The zero-order chi connectivity index (χ0) is 20.3. The molecule has 1 heterocycles. The van der Waals surface area contributed by atoms with E-state index in [-0.39, 0.29) is 11.3 Å². The number of rotatable bonds is 4. The van der Waals surface area contributed by atoms with Gasteiger partial charge in [0.25, 0.3) is 5.91 Å². The van der Waals surface area contributed by atoms with Crippen LogP contribution in [0, 0.1) is 0 Å². The molecule has 0 saturated carbocycles. The lowest BCUT2D eigenvalue weighted by molar-refractivity contribution is 0.0955. The second-order valence-electron chi connectivity index (χ2n) is 7.35. The Bertz CT molecular complexity index is 1020. The highest BCUT2D eigenvalue weighted by Crippen LogP contribution is 2.31. The molecule has 28 heavy (non-hydrogen) atoms. The summed E-state index contributed by atoms with van der Waals surface area (Å²) in [6.45, 7) is 6.38. The number of furan rings is 1. The third kappa shape index (κ3) is 4.83. The molecule has 0 atom stereocenters. The van der Waals surface area contributed by atoms with E-state index in [4.69, 9.17) is 27.6 Å². The minimum absolute atomic E-state index is 0.0377. The number of nitrogens with zero attached hydrogens (tertiary/aromatic N) is 1. The van der Waals surface area contributed by atoms with E-state index in [1.165, 1.54) is 6.21 Å². The molecule has 144 valence electrons. The summed E-state index contributed by atoms with van der Waals surface area (Å²) in [5, 5.41) is 5.06. The van der Waals surface area contributed by atoms with Gasteiger partial charge in [-0.25, -0.2) is 5.43 Å². The molecule has 3 aromatic rings. The quantitative estimate of drug-likeness (QED) is 0.401. The summed E-state index contributed by atoms with van der Waals surface area (Å²) in [7, 11) is 0. The molecule has 0 unspecified atom stereocenters. The number of halogens is 2. The topological polar surface area (TPSA) is 54.6 Å². The first-order valence-electron chi connectivity index (χ1n) is 8.73. The van der Waals surface area contributed by atoms with E-state index >= 15 is 0 Å². The van der Waals surface area contributed by atoms with Crippen LogP contribution in [0.5, 0.6) is 0 Å². The molecular weight excluding hydrogens is 395 g/mol. The Morgan fingerprint density at radius 3 is 2.43 bits per heavy atom. The van der Waals surface area contributed by atoms with Crippen LogP contribution >= 0.6 is 23.2 Å². The molecule has 2 aromatic carbocycles. The molecule has 1 aromatic heterocycles. The van der Waals surface area contributed by atoms with E-state index in [1.54, 1.807) is 42.5 Å². The van der Waals surface area contributed by atoms with Gasteiger partial charge in [-0.1, -0.05) is 56.1 Å². The number of nitrogens with one attached hydrogen (secondary N) is 1. The van der Waals surface area contributed by atoms with Crippen molar-refractivity contribution in [2.45, 2.75) is 26.2 Å². The number of hydrogen-bond acceptors (Lipinski definition) is 3. The molecule has 0 aliphatic heterocycles. The lowest BCUT2D eigenvalue weighted by atomic mass is 9.87. The SMILES string of the molecule is CC(C)(C)c1ccc(C(=O)NN=Cc2ccc(-c3cc(Cl)ccc3Cl)o2)cc1. The molecule has 3 rings (SSSR count). The Morgan fingerprint density at radius 2 is 1.75 bits per heavy atom. The third-order valence-corrected chi connectivity index (χ3v) is 4.76. The van der Waals surface area contributed by atoms with Crippen LogP contribution < -0.4 is 5.43 Å². The molecule has 0 radical (unpaired) electrons.